The lowest BCUT2D eigenvalue weighted by atomic mass is 9.85. The second-order valence-corrected chi connectivity index (χ2v) is 6.01. The topological polar surface area (TPSA) is 42.4 Å². The van der Waals surface area contributed by atoms with E-state index in [0.29, 0.717) is 5.88 Å². The third kappa shape index (κ3) is 3.36. The molecule has 1 aromatic heterocycles. The number of aromatic nitrogens is 1. The first-order valence-electron chi connectivity index (χ1n) is 6.75. The number of benzene rings is 1. The lowest BCUT2D eigenvalue weighted by Gasteiger charge is -2.23. The minimum atomic E-state index is -0.0150. The van der Waals surface area contributed by atoms with Crippen LogP contribution in [0.2, 0.25) is 0 Å². The van der Waals surface area contributed by atoms with Crippen LogP contribution in [0.25, 0.3) is 0 Å². The number of hydrogen-bond acceptors (Lipinski definition) is 3. The number of hydrogen-bond donors (Lipinski definition) is 1. The third-order valence-electron chi connectivity index (χ3n) is 3.14. The molecule has 1 N–H and O–H groups in total. The van der Waals surface area contributed by atoms with Crippen LogP contribution in [-0.4, -0.2) is 10.1 Å². The quantitative estimate of drug-likeness (QED) is 0.918. The van der Waals surface area contributed by atoms with E-state index in [-0.39, 0.29) is 12.0 Å². The van der Waals surface area contributed by atoms with E-state index in [1.165, 1.54) is 5.56 Å². The molecule has 1 heterocycles. The van der Waals surface area contributed by atoms with Crippen LogP contribution in [0.5, 0.6) is 11.6 Å². The molecule has 0 aliphatic rings. The first-order chi connectivity index (χ1) is 9.40. The maximum atomic E-state index is 9.17. The monoisotopic (exact) mass is 271 g/mol. The van der Waals surface area contributed by atoms with Crippen molar-refractivity contribution in [3.05, 3.63) is 53.2 Å². The molecule has 0 radical (unpaired) electrons. The van der Waals surface area contributed by atoms with Crippen molar-refractivity contribution < 1.29 is 9.84 Å². The van der Waals surface area contributed by atoms with Gasteiger partial charge >= 0.3 is 0 Å². The van der Waals surface area contributed by atoms with Crippen molar-refractivity contribution in [2.75, 3.05) is 0 Å². The number of nitrogens with zero attached hydrogens (tertiary/aromatic N) is 1. The van der Waals surface area contributed by atoms with Gasteiger partial charge in [0.15, 0.2) is 0 Å². The number of rotatable bonds is 3. The summed E-state index contributed by atoms with van der Waals surface area (Å²) in [6, 6.07) is 9.67. The lowest BCUT2D eigenvalue weighted by molar-refractivity contribution is 0.281. The molecule has 0 atom stereocenters. The van der Waals surface area contributed by atoms with Gasteiger partial charge in [0.1, 0.15) is 5.75 Å². The highest BCUT2D eigenvalue weighted by Gasteiger charge is 2.19. The van der Waals surface area contributed by atoms with Gasteiger partial charge in [-0.25, -0.2) is 4.98 Å². The molecule has 2 rings (SSSR count). The Labute approximate surface area is 120 Å². The molecule has 0 fully saturated rings. The Kier molecular flexibility index (Phi) is 4.09. The van der Waals surface area contributed by atoms with Gasteiger partial charge < -0.3 is 9.84 Å². The molecule has 0 amide bonds. The first kappa shape index (κ1) is 14.5. The number of ether oxygens (including phenoxy) is 1. The summed E-state index contributed by atoms with van der Waals surface area (Å²) in [6.45, 7) is 8.53. The van der Waals surface area contributed by atoms with E-state index in [1.807, 2.05) is 12.1 Å². The number of aliphatic hydroxyl groups excluding tert-OH is 1. The summed E-state index contributed by atoms with van der Waals surface area (Å²) in [6.07, 6.45) is 1.64. The van der Waals surface area contributed by atoms with Crippen LogP contribution in [-0.2, 0) is 12.0 Å². The van der Waals surface area contributed by atoms with E-state index in [4.69, 9.17) is 9.84 Å². The van der Waals surface area contributed by atoms with E-state index >= 15 is 0 Å². The Balaban J connectivity index is 2.38. The maximum Gasteiger partial charge on any atom is 0.219 e. The molecule has 2 aromatic rings. The van der Waals surface area contributed by atoms with Gasteiger partial charge in [-0.05, 0) is 30.0 Å². The Bertz CT molecular complexity index is 600. The van der Waals surface area contributed by atoms with E-state index in [1.54, 1.807) is 18.3 Å². The summed E-state index contributed by atoms with van der Waals surface area (Å²) < 4.78 is 5.91. The second kappa shape index (κ2) is 5.63. The second-order valence-electron chi connectivity index (χ2n) is 6.01. The van der Waals surface area contributed by atoms with Gasteiger partial charge in [-0.2, -0.15) is 0 Å². The van der Waals surface area contributed by atoms with Gasteiger partial charge in [0.2, 0.25) is 5.88 Å². The molecular formula is C17H21NO2. The molecule has 0 aliphatic carbocycles. The summed E-state index contributed by atoms with van der Waals surface area (Å²) in [5, 5.41) is 9.17. The molecule has 0 saturated heterocycles. The molecular weight excluding hydrogens is 250 g/mol. The molecule has 106 valence electrons. The third-order valence-corrected chi connectivity index (χ3v) is 3.14. The largest absolute Gasteiger partial charge is 0.439 e. The van der Waals surface area contributed by atoms with Crippen molar-refractivity contribution in [2.24, 2.45) is 0 Å². The highest BCUT2D eigenvalue weighted by atomic mass is 16.5. The predicted octanol–water partition coefficient (Wildman–Crippen LogP) is 3.97. The SMILES string of the molecule is Cc1ccc(Oc2cc(CO)ccn2)c(C(C)(C)C)c1. The summed E-state index contributed by atoms with van der Waals surface area (Å²) in [5.41, 5.74) is 3.14. The predicted molar refractivity (Wildman–Crippen MR) is 80.1 cm³/mol. The van der Waals surface area contributed by atoms with Crippen molar-refractivity contribution in [2.45, 2.75) is 39.7 Å². The Morgan fingerprint density at radius 1 is 1.15 bits per heavy atom. The fraction of sp³-hybridized carbons (Fsp3) is 0.353. The molecule has 20 heavy (non-hydrogen) atoms. The lowest BCUT2D eigenvalue weighted by Crippen LogP contribution is -2.13. The highest BCUT2D eigenvalue weighted by Crippen LogP contribution is 2.34. The van der Waals surface area contributed by atoms with Crippen molar-refractivity contribution >= 4 is 0 Å². The van der Waals surface area contributed by atoms with E-state index in [2.05, 4.69) is 38.7 Å². The summed E-state index contributed by atoms with van der Waals surface area (Å²) >= 11 is 0. The van der Waals surface area contributed by atoms with Gasteiger partial charge in [-0.15, -0.1) is 0 Å². The Morgan fingerprint density at radius 2 is 1.90 bits per heavy atom. The molecule has 1 aromatic carbocycles. The van der Waals surface area contributed by atoms with Crippen molar-refractivity contribution in [3.63, 3.8) is 0 Å². The number of pyridine rings is 1. The molecule has 3 heteroatoms. The Hall–Kier alpha value is -1.87. The van der Waals surface area contributed by atoms with Gasteiger partial charge in [0, 0.05) is 17.8 Å². The first-order valence-corrected chi connectivity index (χ1v) is 6.75. The molecule has 0 spiro atoms. The van der Waals surface area contributed by atoms with Crippen LogP contribution < -0.4 is 4.74 Å². The van der Waals surface area contributed by atoms with Gasteiger partial charge in [-0.3, -0.25) is 0 Å². The van der Waals surface area contributed by atoms with Gasteiger partial charge in [0.05, 0.1) is 6.61 Å². The summed E-state index contributed by atoms with van der Waals surface area (Å²) in [5.74, 6) is 1.32. The smallest absolute Gasteiger partial charge is 0.219 e. The fourth-order valence-electron chi connectivity index (χ4n) is 2.04. The highest BCUT2D eigenvalue weighted by molar-refractivity contribution is 5.43. The molecule has 0 saturated carbocycles. The van der Waals surface area contributed by atoms with Crippen molar-refractivity contribution in [1.82, 2.24) is 4.98 Å². The Morgan fingerprint density at radius 3 is 2.55 bits per heavy atom. The van der Waals surface area contributed by atoms with Crippen LogP contribution in [0.1, 0.15) is 37.5 Å². The number of aliphatic hydroxyl groups is 1. The maximum absolute atomic E-state index is 9.17. The summed E-state index contributed by atoms with van der Waals surface area (Å²) in [7, 11) is 0. The normalized spacial score (nSPS) is 11.4. The van der Waals surface area contributed by atoms with Crippen LogP contribution in [0.3, 0.4) is 0 Å². The van der Waals surface area contributed by atoms with Gasteiger partial charge in [0.25, 0.3) is 0 Å². The van der Waals surface area contributed by atoms with Crippen LogP contribution >= 0.6 is 0 Å². The van der Waals surface area contributed by atoms with E-state index < -0.39 is 0 Å². The average molecular weight is 271 g/mol. The van der Waals surface area contributed by atoms with Crippen molar-refractivity contribution in [1.29, 1.82) is 0 Å². The van der Waals surface area contributed by atoms with E-state index in [9.17, 15) is 0 Å². The minimum Gasteiger partial charge on any atom is -0.439 e. The standard InChI is InChI=1S/C17H21NO2/c1-12-5-6-15(14(9-12)17(2,3)4)20-16-10-13(11-19)7-8-18-16/h5-10,19H,11H2,1-4H3. The minimum absolute atomic E-state index is 0.00403. The molecule has 0 bridgehead atoms. The zero-order valence-electron chi connectivity index (χ0n) is 12.5. The van der Waals surface area contributed by atoms with Crippen LogP contribution in [0.4, 0.5) is 0 Å². The number of aryl methyl sites for hydroxylation is 1. The summed E-state index contributed by atoms with van der Waals surface area (Å²) in [4.78, 5) is 4.19. The van der Waals surface area contributed by atoms with Gasteiger partial charge in [-0.1, -0.05) is 38.5 Å². The molecule has 0 unspecified atom stereocenters. The van der Waals surface area contributed by atoms with Crippen molar-refractivity contribution in [3.8, 4) is 11.6 Å². The van der Waals surface area contributed by atoms with E-state index in [0.717, 1.165) is 16.9 Å². The van der Waals surface area contributed by atoms with Crippen LogP contribution in [0, 0.1) is 6.92 Å². The zero-order chi connectivity index (χ0) is 14.8. The zero-order valence-corrected chi connectivity index (χ0v) is 12.5. The fourth-order valence-corrected chi connectivity index (χ4v) is 2.04. The molecule has 3 nitrogen and oxygen atoms in total. The molecule has 0 aliphatic heterocycles. The van der Waals surface area contributed by atoms with Crippen LogP contribution in [0.15, 0.2) is 36.5 Å². The average Bonchev–Trinajstić information content (AvgIpc) is 2.40.